The average molecular weight is 326 g/mol. The zero-order valence-corrected chi connectivity index (χ0v) is 14.6. The summed E-state index contributed by atoms with van der Waals surface area (Å²) in [6.45, 7) is 0.588. The molecule has 0 spiro atoms. The quantitative estimate of drug-likeness (QED) is 0.809. The topological polar surface area (TPSA) is 35.6 Å². The zero-order valence-electron chi connectivity index (χ0n) is 13.0. The number of rotatable bonds is 6. The molecule has 1 N–H and O–H groups in total. The van der Waals surface area contributed by atoms with Crippen LogP contribution in [0.4, 0.5) is 0 Å². The van der Waals surface area contributed by atoms with Crippen molar-refractivity contribution in [1.29, 1.82) is 0 Å². The van der Waals surface area contributed by atoms with Crippen LogP contribution in [0, 0.1) is 0 Å². The van der Waals surface area contributed by atoms with Crippen molar-refractivity contribution in [3.63, 3.8) is 0 Å². The highest BCUT2D eigenvalue weighted by atomic mass is 32.2. The third-order valence-electron chi connectivity index (χ3n) is 2.99. The first-order valence-electron chi connectivity index (χ1n) is 6.74. The smallest absolute Gasteiger partial charge is 0.230 e. The Morgan fingerprint density at radius 2 is 1.86 bits per heavy atom. The molecule has 0 aliphatic carbocycles. The molecule has 1 aromatic carbocycles. The predicted octanol–water partition coefficient (Wildman–Crippen LogP) is 1.99. The number of likely N-dealkylation sites (N-methyl/N-ethyl adjacent to an activating group) is 1. The second-order valence-corrected chi connectivity index (χ2v) is 6.75. The Labute approximate surface area is 136 Å². The lowest BCUT2D eigenvalue weighted by molar-refractivity contribution is -0.118. The maximum atomic E-state index is 11.9. The molecule has 0 heterocycles. The summed E-state index contributed by atoms with van der Waals surface area (Å²) < 4.78 is 0.720. The highest BCUT2D eigenvalue weighted by Crippen LogP contribution is 2.16. The van der Waals surface area contributed by atoms with Gasteiger partial charge in [-0.2, -0.15) is 0 Å². The Bertz CT molecular complexity index is 463. The molecule has 0 aliphatic heterocycles. The fraction of sp³-hybridized carbons (Fsp3) is 0.467. The number of nitrogens with zero attached hydrogens (tertiary/aromatic N) is 2. The summed E-state index contributed by atoms with van der Waals surface area (Å²) in [4.78, 5) is 15.8. The molecule has 116 valence electrons. The standard InChI is InChI=1S/C15H23N3OS2/c1-17(2)13(12-8-6-5-7-9-12)10-16-14(19)11-21-15(20)18(3)4/h5-9,13H,10-11H2,1-4H3,(H,16,19)/t13-/m1/s1. The van der Waals surface area contributed by atoms with Crippen molar-refractivity contribution in [2.24, 2.45) is 0 Å². The normalized spacial score (nSPS) is 12.0. The molecule has 1 amide bonds. The Balaban J connectivity index is 2.47. The fourth-order valence-corrected chi connectivity index (χ4v) is 2.58. The monoisotopic (exact) mass is 325 g/mol. The van der Waals surface area contributed by atoms with Gasteiger partial charge in [-0.05, 0) is 19.7 Å². The Morgan fingerprint density at radius 3 is 2.38 bits per heavy atom. The maximum Gasteiger partial charge on any atom is 0.230 e. The molecule has 0 fully saturated rings. The van der Waals surface area contributed by atoms with Gasteiger partial charge in [0.1, 0.15) is 4.32 Å². The molecule has 0 unspecified atom stereocenters. The second kappa shape index (κ2) is 9.02. The number of thiocarbonyl (C=S) groups is 1. The lowest BCUT2D eigenvalue weighted by Gasteiger charge is -2.25. The van der Waals surface area contributed by atoms with Crippen molar-refractivity contribution in [1.82, 2.24) is 15.1 Å². The van der Waals surface area contributed by atoms with E-state index in [2.05, 4.69) is 22.3 Å². The van der Waals surface area contributed by atoms with E-state index in [1.165, 1.54) is 17.3 Å². The molecular formula is C15H23N3OS2. The summed E-state index contributed by atoms with van der Waals surface area (Å²) in [7, 11) is 7.79. The van der Waals surface area contributed by atoms with E-state index in [9.17, 15) is 4.79 Å². The van der Waals surface area contributed by atoms with Crippen LogP contribution in [0.3, 0.4) is 0 Å². The molecule has 0 aromatic heterocycles. The zero-order chi connectivity index (χ0) is 15.8. The summed E-state index contributed by atoms with van der Waals surface area (Å²) in [5, 5.41) is 2.98. The highest BCUT2D eigenvalue weighted by molar-refractivity contribution is 8.23. The number of thioether (sulfide) groups is 1. The molecule has 1 atom stereocenters. The van der Waals surface area contributed by atoms with Crippen LogP contribution in [0.15, 0.2) is 30.3 Å². The van der Waals surface area contributed by atoms with Gasteiger partial charge in [0.2, 0.25) is 5.91 Å². The molecule has 0 saturated heterocycles. The molecule has 0 saturated carbocycles. The SMILES string of the molecule is CN(C)C(=S)SCC(=O)NC[C@H](c1ccccc1)N(C)C. The lowest BCUT2D eigenvalue weighted by Crippen LogP contribution is -2.35. The first kappa shape index (κ1) is 17.9. The van der Waals surface area contributed by atoms with Crippen LogP contribution in [0.1, 0.15) is 11.6 Å². The van der Waals surface area contributed by atoms with Crippen LogP contribution in [0.2, 0.25) is 0 Å². The fourth-order valence-electron chi connectivity index (χ4n) is 1.79. The van der Waals surface area contributed by atoms with Crippen LogP contribution in [-0.2, 0) is 4.79 Å². The van der Waals surface area contributed by atoms with Gasteiger partial charge in [-0.3, -0.25) is 4.79 Å². The van der Waals surface area contributed by atoms with Crippen LogP contribution in [-0.4, -0.2) is 60.5 Å². The van der Waals surface area contributed by atoms with Gasteiger partial charge < -0.3 is 15.1 Å². The molecular weight excluding hydrogens is 302 g/mol. The van der Waals surface area contributed by atoms with Crippen molar-refractivity contribution < 1.29 is 4.79 Å². The Hall–Kier alpha value is -1.11. The summed E-state index contributed by atoms with van der Waals surface area (Å²) >= 11 is 6.53. The molecule has 1 aromatic rings. The number of hydrogen-bond acceptors (Lipinski definition) is 4. The average Bonchev–Trinajstić information content (AvgIpc) is 2.45. The van der Waals surface area contributed by atoms with Gasteiger partial charge >= 0.3 is 0 Å². The summed E-state index contributed by atoms with van der Waals surface area (Å²) in [6.07, 6.45) is 0. The predicted molar refractivity (Wildman–Crippen MR) is 94.6 cm³/mol. The van der Waals surface area contributed by atoms with Crippen molar-refractivity contribution in [2.75, 3.05) is 40.5 Å². The van der Waals surface area contributed by atoms with E-state index in [-0.39, 0.29) is 11.9 Å². The van der Waals surface area contributed by atoms with Crippen molar-refractivity contribution in [3.8, 4) is 0 Å². The third-order valence-corrected chi connectivity index (χ3v) is 4.73. The minimum Gasteiger partial charge on any atom is -0.364 e. The molecule has 21 heavy (non-hydrogen) atoms. The van der Waals surface area contributed by atoms with Crippen molar-refractivity contribution >= 4 is 34.2 Å². The van der Waals surface area contributed by atoms with E-state index in [0.29, 0.717) is 12.3 Å². The summed E-state index contributed by atoms with van der Waals surface area (Å²) in [5.41, 5.74) is 1.19. The molecule has 0 aliphatic rings. The first-order valence-corrected chi connectivity index (χ1v) is 8.13. The van der Waals surface area contributed by atoms with Gasteiger partial charge in [0.25, 0.3) is 0 Å². The van der Waals surface area contributed by atoms with E-state index < -0.39 is 0 Å². The van der Waals surface area contributed by atoms with E-state index in [1.807, 2.05) is 51.3 Å². The van der Waals surface area contributed by atoms with Gasteiger partial charge in [-0.25, -0.2) is 0 Å². The highest BCUT2D eigenvalue weighted by Gasteiger charge is 2.15. The van der Waals surface area contributed by atoms with E-state index in [1.54, 1.807) is 0 Å². The van der Waals surface area contributed by atoms with Gasteiger partial charge in [0.15, 0.2) is 0 Å². The van der Waals surface area contributed by atoms with Gasteiger partial charge in [0, 0.05) is 20.6 Å². The molecule has 0 radical (unpaired) electrons. The Morgan fingerprint density at radius 1 is 1.24 bits per heavy atom. The minimum absolute atomic E-state index is 0.00646. The van der Waals surface area contributed by atoms with Crippen LogP contribution < -0.4 is 5.32 Å². The van der Waals surface area contributed by atoms with Crippen molar-refractivity contribution in [3.05, 3.63) is 35.9 Å². The van der Waals surface area contributed by atoms with E-state index in [0.717, 1.165) is 4.32 Å². The maximum absolute atomic E-state index is 11.9. The second-order valence-electron chi connectivity index (χ2n) is 5.14. The number of amides is 1. The molecule has 0 bridgehead atoms. The number of hydrogen-bond donors (Lipinski definition) is 1. The number of carbonyl (C=O) groups excluding carboxylic acids is 1. The minimum atomic E-state index is 0.00646. The van der Waals surface area contributed by atoms with Gasteiger partial charge in [-0.15, -0.1) is 0 Å². The lowest BCUT2D eigenvalue weighted by atomic mass is 10.1. The van der Waals surface area contributed by atoms with Gasteiger partial charge in [0.05, 0.1) is 11.8 Å². The van der Waals surface area contributed by atoms with Gasteiger partial charge in [-0.1, -0.05) is 54.3 Å². The first-order chi connectivity index (χ1) is 9.91. The Kier molecular flexibility index (Phi) is 7.71. The van der Waals surface area contributed by atoms with E-state index >= 15 is 0 Å². The summed E-state index contributed by atoms with van der Waals surface area (Å²) in [5.74, 6) is 0.360. The van der Waals surface area contributed by atoms with E-state index in [4.69, 9.17) is 12.2 Å². The number of benzene rings is 1. The number of nitrogens with one attached hydrogen (secondary N) is 1. The number of carbonyl (C=O) groups is 1. The van der Waals surface area contributed by atoms with Crippen LogP contribution in [0.5, 0.6) is 0 Å². The molecule has 6 heteroatoms. The summed E-state index contributed by atoms with van der Waals surface area (Å²) in [6, 6.07) is 10.3. The van der Waals surface area contributed by atoms with Crippen molar-refractivity contribution in [2.45, 2.75) is 6.04 Å². The van der Waals surface area contributed by atoms with Crippen LogP contribution in [0.25, 0.3) is 0 Å². The molecule has 4 nitrogen and oxygen atoms in total. The van der Waals surface area contributed by atoms with Crippen LogP contribution >= 0.6 is 24.0 Å². The third kappa shape index (κ3) is 6.46. The largest absolute Gasteiger partial charge is 0.364 e. The molecule has 1 rings (SSSR count).